The minimum Gasteiger partial charge on any atom is -0.381 e. The van der Waals surface area contributed by atoms with E-state index in [2.05, 4.69) is 32.4 Å². The summed E-state index contributed by atoms with van der Waals surface area (Å²) in [6, 6.07) is 2.10. The number of hydrogen-bond donors (Lipinski definition) is 1. The molecule has 0 spiro atoms. The van der Waals surface area contributed by atoms with Crippen LogP contribution >= 0.6 is 15.9 Å². The summed E-state index contributed by atoms with van der Waals surface area (Å²) in [4.78, 5) is 11.5. The van der Waals surface area contributed by atoms with Gasteiger partial charge in [0.15, 0.2) is 0 Å². The fourth-order valence-corrected chi connectivity index (χ4v) is 1.44. The smallest absolute Gasteiger partial charge is 0.282 e. The summed E-state index contributed by atoms with van der Waals surface area (Å²) in [5.41, 5.74) is 0.407. The first-order valence-electron chi connectivity index (χ1n) is 4.41. The van der Waals surface area contributed by atoms with Crippen LogP contribution in [-0.2, 0) is 7.05 Å². The van der Waals surface area contributed by atoms with E-state index in [0.717, 1.165) is 0 Å². The maximum Gasteiger partial charge on any atom is 0.282 e. The summed E-state index contributed by atoms with van der Waals surface area (Å²) in [6.07, 6.45) is 1.55. The second-order valence-corrected chi connectivity index (χ2v) is 4.01. The maximum atomic E-state index is 11.5. The Bertz CT molecular complexity index is 448. The Labute approximate surface area is 95.8 Å². The normalized spacial score (nSPS) is 11.9. The van der Waals surface area contributed by atoms with Gasteiger partial charge >= 0.3 is 0 Å². The van der Waals surface area contributed by atoms with E-state index in [1.165, 1.54) is 4.68 Å². The molecule has 0 aliphatic carbocycles. The molecule has 80 valence electrons. The third-order valence-electron chi connectivity index (χ3n) is 1.90. The summed E-state index contributed by atoms with van der Waals surface area (Å²) in [7, 11) is 1.58. The van der Waals surface area contributed by atoms with Gasteiger partial charge in [-0.15, -0.1) is 0 Å². The van der Waals surface area contributed by atoms with Crippen LogP contribution in [0.3, 0.4) is 0 Å². The molecule has 0 bridgehead atoms. The quantitative estimate of drug-likeness (QED) is 0.894. The van der Waals surface area contributed by atoms with Gasteiger partial charge in [0, 0.05) is 13.6 Å². The second-order valence-electron chi connectivity index (χ2n) is 3.21. The van der Waals surface area contributed by atoms with Crippen molar-refractivity contribution in [3.8, 4) is 6.07 Å². The summed E-state index contributed by atoms with van der Waals surface area (Å²) >= 11 is 3.18. The van der Waals surface area contributed by atoms with Gasteiger partial charge in [-0.1, -0.05) is 0 Å². The number of aromatic nitrogens is 2. The van der Waals surface area contributed by atoms with E-state index in [1.54, 1.807) is 20.2 Å². The van der Waals surface area contributed by atoms with Gasteiger partial charge in [0.1, 0.15) is 4.47 Å². The average Bonchev–Trinajstić information content (AvgIpc) is 2.24. The van der Waals surface area contributed by atoms with Crippen LogP contribution < -0.4 is 10.9 Å². The molecule has 0 aromatic carbocycles. The van der Waals surface area contributed by atoms with Crippen LogP contribution in [0.15, 0.2) is 15.5 Å². The van der Waals surface area contributed by atoms with Crippen LogP contribution in [0.1, 0.15) is 6.92 Å². The lowest BCUT2D eigenvalue weighted by molar-refractivity contribution is 0.701. The van der Waals surface area contributed by atoms with Gasteiger partial charge in [0.25, 0.3) is 5.56 Å². The van der Waals surface area contributed by atoms with Crippen LogP contribution in [0.5, 0.6) is 0 Å². The second kappa shape index (κ2) is 4.94. The first kappa shape index (κ1) is 11.7. The highest BCUT2D eigenvalue weighted by atomic mass is 79.9. The van der Waals surface area contributed by atoms with Crippen molar-refractivity contribution in [1.29, 1.82) is 5.26 Å². The van der Waals surface area contributed by atoms with Crippen LogP contribution in [-0.4, -0.2) is 16.3 Å². The van der Waals surface area contributed by atoms with Crippen molar-refractivity contribution >= 4 is 21.6 Å². The largest absolute Gasteiger partial charge is 0.381 e. The van der Waals surface area contributed by atoms with E-state index in [0.29, 0.717) is 16.7 Å². The lowest BCUT2D eigenvalue weighted by Gasteiger charge is -2.09. The van der Waals surface area contributed by atoms with Crippen molar-refractivity contribution in [2.24, 2.45) is 13.0 Å². The van der Waals surface area contributed by atoms with Crippen molar-refractivity contribution < 1.29 is 0 Å². The molecule has 1 heterocycles. The molecule has 0 aliphatic rings. The van der Waals surface area contributed by atoms with Crippen molar-refractivity contribution in [3.63, 3.8) is 0 Å². The van der Waals surface area contributed by atoms with Crippen molar-refractivity contribution in [2.75, 3.05) is 11.9 Å². The van der Waals surface area contributed by atoms with Crippen LogP contribution in [0, 0.1) is 17.2 Å². The van der Waals surface area contributed by atoms with E-state index in [9.17, 15) is 4.79 Å². The highest BCUT2D eigenvalue weighted by Crippen LogP contribution is 2.15. The molecule has 0 amide bonds. The predicted molar refractivity (Wildman–Crippen MR) is 60.4 cm³/mol. The van der Waals surface area contributed by atoms with Gasteiger partial charge < -0.3 is 5.32 Å². The van der Waals surface area contributed by atoms with Gasteiger partial charge in [-0.25, -0.2) is 4.68 Å². The van der Waals surface area contributed by atoms with Crippen molar-refractivity contribution in [1.82, 2.24) is 9.78 Å². The number of nitrogens with zero attached hydrogens (tertiary/aromatic N) is 3. The van der Waals surface area contributed by atoms with Crippen LogP contribution in [0.4, 0.5) is 5.69 Å². The SMILES string of the molecule is C[C@@H](C#N)CNc1cnn(C)c(=O)c1Br. The van der Waals surface area contributed by atoms with Crippen molar-refractivity contribution in [2.45, 2.75) is 6.92 Å². The third-order valence-corrected chi connectivity index (χ3v) is 2.66. The molecule has 0 unspecified atom stereocenters. The van der Waals surface area contributed by atoms with Gasteiger partial charge in [-0.2, -0.15) is 10.4 Å². The molecule has 0 aliphatic heterocycles. The number of hydrogen-bond acceptors (Lipinski definition) is 4. The Kier molecular flexibility index (Phi) is 3.86. The Morgan fingerprint density at radius 3 is 3.07 bits per heavy atom. The summed E-state index contributed by atoms with van der Waals surface area (Å²) in [5, 5.41) is 15.5. The minimum absolute atomic E-state index is 0.110. The summed E-state index contributed by atoms with van der Waals surface area (Å²) in [5.74, 6) is -0.110. The zero-order valence-corrected chi connectivity index (χ0v) is 10.1. The number of nitriles is 1. The van der Waals surface area contributed by atoms with E-state index < -0.39 is 0 Å². The zero-order chi connectivity index (χ0) is 11.4. The van der Waals surface area contributed by atoms with Crippen molar-refractivity contribution in [3.05, 3.63) is 21.0 Å². The summed E-state index contributed by atoms with van der Waals surface area (Å²) < 4.78 is 1.67. The number of halogens is 1. The molecule has 1 aromatic heterocycles. The Morgan fingerprint density at radius 1 is 1.80 bits per heavy atom. The standard InChI is InChI=1S/C9H11BrN4O/c1-6(3-11)4-12-7-5-13-14(2)9(15)8(7)10/h5-6,12H,4H2,1-2H3/t6-/m0/s1. The molecule has 0 saturated heterocycles. The molecular formula is C9H11BrN4O. The van der Waals surface area contributed by atoms with E-state index >= 15 is 0 Å². The number of anilines is 1. The highest BCUT2D eigenvalue weighted by molar-refractivity contribution is 9.10. The molecule has 15 heavy (non-hydrogen) atoms. The molecule has 0 radical (unpaired) electrons. The Morgan fingerprint density at radius 2 is 2.47 bits per heavy atom. The molecule has 1 N–H and O–H groups in total. The molecule has 5 nitrogen and oxygen atoms in total. The summed E-state index contributed by atoms with van der Waals surface area (Å²) in [6.45, 7) is 2.29. The Hall–Kier alpha value is -1.35. The molecule has 1 aromatic rings. The maximum absolute atomic E-state index is 11.5. The van der Waals surface area contributed by atoms with Gasteiger partial charge in [-0.05, 0) is 22.9 Å². The van der Waals surface area contributed by atoms with Gasteiger partial charge in [0.05, 0.1) is 23.9 Å². The predicted octanol–water partition coefficient (Wildman–Crippen LogP) is 1.11. The topological polar surface area (TPSA) is 70.7 Å². The van der Waals surface area contributed by atoms with Crippen LogP contribution in [0.2, 0.25) is 0 Å². The number of aryl methyl sites for hydroxylation is 1. The molecule has 0 saturated carbocycles. The highest BCUT2D eigenvalue weighted by Gasteiger charge is 2.07. The van der Waals surface area contributed by atoms with E-state index in [-0.39, 0.29) is 11.5 Å². The third kappa shape index (κ3) is 2.80. The van der Waals surface area contributed by atoms with E-state index in [4.69, 9.17) is 5.26 Å². The molecule has 1 atom stereocenters. The lowest BCUT2D eigenvalue weighted by Crippen LogP contribution is -2.22. The molecule has 0 fully saturated rings. The first-order valence-corrected chi connectivity index (χ1v) is 5.21. The van der Waals surface area contributed by atoms with E-state index in [1.807, 2.05) is 0 Å². The van der Waals surface area contributed by atoms with Gasteiger partial charge in [0.2, 0.25) is 0 Å². The molecular weight excluding hydrogens is 260 g/mol. The number of nitrogens with one attached hydrogen (secondary N) is 1. The van der Waals surface area contributed by atoms with Gasteiger partial charge in [-0.3, -0.25) is 4.79 Å². The molecule has 1 rings (SSSR count). The first-order chi connectivity index (χ1) is 7.06. The number of rotatable bonds is 3. The fourth-order valence-electron chi connectivity index (χ4n) is 0.943. The average molecular weight is 271 g/mol. The monoisotopic (exact) mass is 270 g/mol. The minimum atomic E-state index is -0.204. The zero-order valence-electron chi connectivity index (χ0n) is 8.49. The fraction of sp³-hybridized carbons (Fsp3) is 0.444. The lowest BCUT2D eigenvalue weighted by atomic mass is 10.2. The molecule has 6 heteroatoms. The Balaban J connectivity index is 2.85. The van der Waals surface area contributed by atoms with Crippen LogP contribution in [0.25, 0.3) is 0 Å².